The highest BCUT2D eigenvalue weighted by molar-refractivity contribution is 6.02. The molecule has 1 saturated heterocycles. The van der Waals surface area contributed by atoms with E-state index in [1.165, 1.54) is 0 Å². The molecule has 5 nitrogen and oxygen atoms in total. The minimum Gasteiger partial charge on any atom is -0.390 e. The Hall–Kier alpha value is -1.10. The van der Waals surface area contributed by atoms with Gasteiger partial charge in [0.1, 0.15) is 5.92 Å². The number of rotatable bonds is 3. The fraction of sp³-hybridized carbons (Fsp3) is 0.800. The summed E-state index contributed by atoms with van der Waals surface area (Å²) in [5, 5.41) is 14.8. The van der Waals surface area contributed by atoms with Crippen LogP contribution in [0.2, 0.25) is 0 Å². The van der Waals surface area contributed by atoms with Gasteiger partial charge in [-0.1, -0.05) is 6.92 Å². The van der Waals surface area contributed by atoms with Crippen LogP contribution in [0.25, 0.3) is 0 Å². The van der Waals surface area contributed by atoms with Gasteiger partial charge in [-0.2, -0.15) is 0 Å². The molecule has 0 radical (unpaired) electrons. The van der Waals surface area contributed by atoms with Crippen LogP contribution >= 0.6 is 0 Å². The molecule has 2 atom stereocenters. The highest BCUT2D eigenvalue weighted by Crippen LogP contribution is 2.38. The van der Waals surface area contributed by atoms with Gasteiger partial charge in [-0.15, -0.1) is 0 Å². The fourth-order valence-electron chi connectivity index (χ4n) is 1.96. The van der Waals surface area contributed by atoms with Crippen LogP contribution in [-0.4, -0.2) is 35.1 Å². The van der Waals surface area contributed by atoms with Gasteiger partial charge in [0.25, 0.3) is 0 Å². The Morgan fingerprint density at radius 2 is 2.33 bits per heavy atom. The van der Waals surface area contributed by atoms with Gasteiger partial charge < -0.3 is 15.7 Å². The summed E-state index contributed by atoms with van der Waals surface area (Å²) in [6, 6.07) is 0. The molecule has 1 aliphatic heterocycles. The zero-order valence-corrected chi connectivity index (χ0v) is 8.75. The second-order valence-electron chi connectivity index (χ2n) is 4.41. The standard InChI is InChI=1S/C10H16N2O3/c1-2-10(3-4-10)12-9(15)7-6(13)5-11-8(7)14/h6-7,13H,2-5H2,1H3,(H,11,14)(H,12,15). The lowest BCUT2D eigenvalue weighted by Gasteiger charge is -2.18. The SMILES string of the molecule is CCC1(NC(=O)C2C(=O)NCC2O)CC1. The maximum absolute atomic E-state index is 11.7. The van der Waals surface area contributed by atoms with Crippen molar-refractivity contribution in [3.05, 3.63) is 0 Å². The molecule has 84 valence electrons. The normalized spacial score (nSPS) is 32.3. The minimum absolute atomic E-state index is 0.0975. The second-order valence-corrected chi connectivity index (χ2v) is 4.41. The van der Waals surface area contributed by atoms with Gasteiger partial charge in [-0.05, 0) is 19.3 Å². The molecular formula is C10H16N2O3. The molecule has 1 heterocycles. The predicted octanol–water partition coefficient (Wildman–Crippen LogP) is -0.848. The Morgan fingerprint density at radius 1 is 1.67 bits per heavy atom. The van der Waals surface area contributed by atoms with Crippen LogP contribution < -0.4 is 10.6 Å². The largest absolute Gasteiger partial charge is 0.390 e. The van der Waals surface area contributed by atoms with E-state index in [0.29, 0.717) is 0 Å². The lowest BCUT2D eigenvalue weighted by atomic mass is 10.0. The number of aliphatic hydroxyl groups excluding tert-OH is 1. The second kappa shape index (κ2) is 3.48. The third kappa shape index (κ3) is 1.84. The lowest BCUT2D eigenvalue weighted by molar-refractivity contribution is -0.136. The summed E-state index contributed by atoms with van der Waals surface area (Å²) in [5.41, 5.74) is -0.0975. The summed E-state index contributed by atoms with van der Waals surface area (Å²) in [7, 11) is 0. The molecule has 2 amide bonds. The molecule has 2 rings (SSSR count). The van der Waals surface area contributed by atoms with Crippen molar-refractivity contribution in [3.8, 4) is 0 Å². The number of hydrogen-bond donors (Lipinski definition) is 3. The predicted molar refractivity (Wildman–Crippen MR) is 52.9 cm³/mol. The van der Waals surface area contributed by atoms with Crippen LogP contribution in [0.5, 0.6) is 0 Å². The number of β-amino-alcohol motifs (C(OH)–C–C–N with tert-alkyl or cyclic N) is 1. The molecule has 2 fully saturated rings. The summed E-state index contributed by atoms with van der Waals surface area (Å²) >= 11 is 0. The van der Waals surface area contributed by atoms with Gasteiger partial charge in [0, 0.05) is 12.1 Å². The smallest absolute Gasteiger partial charge is 0.235 e. The molecule has 1 saturated carbocycles. The highest BCUT2D eigenvalue weighted by atomic mass is 16.3. The van der Waals surface area contributed by atoms with E-state index in [9.17, 15) is 14.7 Å². The number of carbonyl (C=O) groups is 2. The van der Waals surface area contributed by atoms with E-state index in [-0.39, 0.29) is 23.9 Å². The van der Waals surface area contributed by atoms with E-state index in [1.54, 1.807) is 0 Å². The maximum atomic E-state index is 11.7. The summed E-state index contributed by atoms with van der Waals surface area (Å²) in [4.78, 5) is 23.0. The van der Waals surface area contributed by atoms with Crippen LogP contribution in [0.15, 0.2) is 0 Å². The Morgan fingerprint density at radius 3 is 2.73 bits per heavy atom. The first-order valence-electron chi connectivity index (χ1n) is 5.36. The van der Waals surface area contributed by atoms with Crippen molar-refractivity contribution in [3.63, 3.8) is 0 Å². The van der Waals surface area contributed by atoms with Crippen molar-refractivity contribution < 1.29 is 14.7 Å². The van der Waals surface area contributed by atoms with Crippen molar-refractivity contribution in [2.75, 3.05) is 6.54 Å². The van der Waals surface area contributed by atoms with Crippen molar-refractivity contribution in [2.24, 2.45) is 5.92 Å². The van der Waals surface area contributed by atoms with Gasteiger partial charge in [-0.3, -0.25) is 9.59 Å². The van der Waals surface area contributed by atoms with Gasteiger partial charge in [0.2, 0.25) is 11.8 Å². The highest BCUT2D eigenvalue weighted by Gasteiger charge is 2.46. The van der Waals surface area contributed by atoms with Crippen molar-refractivity contribution >= 4 is 11.8 Å². The van der Waals surface area contributed by atoms with E-state index < -0.39 is 12.0 Å². The third-order valence-corrected chi connectivity index (χ3v) is 3.35. The van der Waals surface area contributed by atoms with Crippen LogP contribution in [0, 0.1) is 5.92 Å². The van der Waals surface area contributed by atoms with Gasteiger partial charge in [0.15, 0.2) is 0 Å². The maximum Gasteiger partial charge on any atom is 0.235 e. The quantitative estimate of drug-likeness (QED) is 0.533. The first-order chi connectivity index (χ1) is 7.08. The topological polar surface area (TPSA) is 78.4 Å². The van der Waals surface area contributed by atoms with Gasteiger partial charge in [-0.25, -0.2) is 0 Å². The molecule has 0 aromatic carbocycles. The summed E-state index contributed by atoms with van der Waals surface area (Å²) < 4.78 is 0. The van der Waals surface area contributed by atoms with Crippen molar-refractivity contribution in [2.45, 2.75) is 37.8 Å². The first-order valence-corrected chi connectivity index (χ1v) is 5.36. The Bertz CT molecular complexity index is 299. The molecule has 2 unspecified atom stereocenters. The number of carbonyl (C=O) groups excluding carboxylic acids is 2. The van der Waals surface area contributed by atoms with Crippen LogP contribution in [0.3, 0.4) is 0 Å². The summed E-state index contributed by atoms with van der Waals surface area (Å²) in [6.07, 6.45) is 1.94. The van der Waals surface area contributed by atoms with Crippen molar-refractivity contribution in [1.29, 1.82) is 0 Å². The molecule has 0 aromatic heterocycles. The number of amides is 2. The van der Waals surface area contributed by atoms with Crippen molar-refractivity contribution in [1.82, 2.24) is 10.6 Å². The zero-order valence-electron chi connectivity index (χ0n) is 8.75. The fourth-order valence-corrected chi connectivity index (χ4v) is 1.96. The Labute approximate surface area is 88.2 Å². The minimum atomic E-state index is -0.922. The molecule has 5 heteroatoms. The zero-order chi connectivity index (χ0) is 11.1. The monoisotopic (exact) mass is 212 g/mol. The summed E-state index contributed by atoms with van der Waals surface area (Å²) in [6.45, 7) is 2.19. The average molecular weight is 212 g/mol. The molecular weight excluding hydrogens is 196 g/mol. The molecule has 2 aliphatic rings. The summed E-state index contributed by atoms with van der Waals surface area (Å²) in [5.74, 6) is -1.63. The number of nitrogens with one attached hydrogen (secondary N) is 2. The molecule has 1 aliphatic carbocycles. The molecule has 15 heavy (non-hydrogen) atoms. The molecule has 0 bridgehead atoms. The van der Waals surface area contributed by atoms with E-state index >= 15 is 0 Å². The molecule has 0 spiro atoms. The van der Waals surface area contributed by atoms with E-state index in [0.717, 1.165) is 19.3 Å². The van der Waals surface area contributed by atoms with Gasteiger partial charge in [0.05, 0.1) is 6.10 Å². The lowest BCUT2D eigenvalue weighted by Crippen LogP contribution is -2.45. The molecule has 3 N–H and O–H groups in total. The van der Waals surface area contributed by atoms with Gasteiger partial charge >= 0.3 is 0 Å². The van der Waals surface area contributed by atoms with Crippen LogP contribution in [0.4, 0.5) is 0 Å². The molecule has 0 aromatic rings. The average Bonchev–Trinajstić information content (AvgIpc) is 2.88. The number of hydrogen-bond acceptors (Lipinski definition) is 3. The van der Waals surface area contributed by atoms with E-state index in [4.69, 9.17) is 0 Å². The Balaban J connectivity index is 1.98. The first kappa shape index (κ1) is 10.4. The van der Waals surface area contributed by atoms with Crippen LogP contribution in [-0.2, 0) is 9.59 Å². The van der Waals surface area contributed by atoms with E-state index in [2.05, 4.69) is 10.6 Å². The van der Waals surface area contributed by atoms with E-state index in [1.807, 2.05) is 6.92 Å². The number of aliphatic hydroxyl groups is 1. The van der Waals surface area contributed by atoms with Crippen LogP contribution in [0.1, 0.15) is 26.2 Å². The third-order valence-electron chi connectivity index (χ3n) is 3.35. The Kier molecular flexibility index (Phi) is 2.42.